The van der Waals surface area contributed by atoms with Crippen LogP contribution in [0.3, 0.4) is 0 Å². The van der Waals surface area contributed by atoms with Crippen molar-refractivity contribution >= 4 is 43.7 Å². The third-order valence-corrected chi connectivity index (χ3v) is 10.4. The molecule has 3 heterocycles. The summed E-state index contributed by atoms with van der Waals surface area (Å²) in [7, 11) is 0. The Morgan fingerprint density at radius 1 is 0.566 bits per heavy atom. The van der Waals surface area contributed by atoms with Gasteiger partial charge in [0.15, 0.2) is 17.5 Å². The molecule has 250 valence electrons. The average molecular weight is 691 g/mol. The van der Waals surface area contributed by atoms with Gasteiger partial charge in [-0.25, -0.2) is 15.0 Å². The van der Waals surface area contributed by atoms with E-state index in [1.165, 1.54) is 22.3 Å². The fraction of sp³-hybridized carbons (Fsp3) is 0.0625. The predicted octanol–water partition coefficient (Wildman–Crippen LogP) is 12.2. The van der Waals surface area contributed by atoms with Crippen LogP contribution < -0.4 is 0 Å². The van der Waals surface area contributed by atoms with E-state index >= 15 is 0 Å². The molecule has 1 aliphatic rings. The maximum Gasteiger partial charge on any atom is 0.164 e. The van der Waals surface area contributed by atoms with E-state index in [2.05, 4.69) is 94.0 Å². The van der Waals surface area contributed by atoms with E-state index in [4.69, 9.17) is 18.1 Å². The highest BCUT2D eigenvalue weighted by atomic mass is 16.3. The van der Waals surface area contributed by atoms with Crippen LogP contribution in [0.5, 0.6) is 0 Å². The van der Waals surface area contributed by atoms with Crippen molar-refractivity contribution in [2.24, 2.45) is 0 Å². The fourth-order valence-electron chi connectivity index (χ4n) is 8.08. The molecule has 7 aromatic carbocycles. The lowest BCUT2D eigenvalue weighted by Gasteiger charge is -2.21. The number of aromatic nitrogens is 4. The number of hydrogen-bond acceptors (Lipinski definition) is 4. The standard InChI is InChI=1S/C48H32N4O/c1-48(2)36-20-11-9-19-34(36)42-37(48)27-26-33-32-18-10-12-21-38(32)52(44(33)42)39-22-13-23-40-43(39)35-25-24-31(28-41(35)53-40)47-50-45(29-14-5-3-6-15-29)49-46(51-47)30-16-7-4-8-17-30/h3-28H,1-2H3/i3D,4D,5D,6D,7D,8D,14D,15D,16D,17D. The lowest BCUT2D eigenvalue weighted by molar-refractivity contribution is 0.661. The van der Waals surface area contributed by atoms with E-state index in [-0.39, 0.29) is 34.0 Å². The molecule has 0 amide bonds. The van der Waals surface area contributed by atoms with E-state index in [0.717, 1.165) is 38.3 Å². The number of benzene rings is 7. The Morgan fingerprint density at radius 3 is 1.98 bits per heavy atom. The van der Waals surface area contributed by atoms with Crippen molar-refractivity contribution < 1.29 is 18.1 Å². The van der Waals surface area contributed by atoms with Crippen LogP contribution in [0.2, 0.25) is 0 Å². The van der Waals surface area contributed by atoms with Crippen LogP contribution in [0.4, 0.5) is 0 Å². The quantitative estimate of drug-likeness (QED) is 0.184. The lowest BCUT2D eigenvalue weighted by atomic mass is 9.82. The van der Waals surface area contributed by atoms with Crippen LogP contribution in [-0.4, -0.2) is 19.5 Å². The minimum Gasteiger partial charge on any atom is -0.456 e. The third kappa shape index (κ3) is 4.34. The van der Waals surface area contributed by atoms with Crippen LogP contribution in [-0.2, 0) is 5.41 Å². The van der Waals surface area contributed by atoms with Gasteiger partial charge in [-0.3, -0.25) is 0 Å². The molecule has 3 aromatic heterocycles. The molecule has 0 fully saturated rings. The molecule has 5 nitrogen and oxygen atoms in total. The van der Waals surface area contributed by atoms with E-state index < -0.39 is 60.4 Å². The summed E-state index contributed by atoms with van der Waals surface area (Å²) in [6.07, 6.45) is 0. The van der Waals surface area contributed by atoms with Gasteiger partial charge < -0.3 is 8.98 Å². The summed E-state index contributed by atoms with van der Waals surface area (Å²) in [6.45, 7) is 4.54. The molecular weight excluding hydrogens is 649 g/mol. The normalized spacial score (nSPS) is 15.9. The van der Waals surface area contributed by atoms with Crippen LogP contribution in [0, 0.1) is 0 Å². The Hall–Kier alpha value is -6.85. The van der Waals surface area contributed by atoms with Crippen molar-refractivity contribution in [3.8, 4) is 51.0 Å². The summed E-state index contributed by atoms with van der Waals surface area (Å²) >= 11 is 0. The Balaban J connectivity index is 1.17. The number of fused-ring (bicyclic) bond motifs is 10. The van der Waals surface area contributed by atoms with Gasteiger partial charge in [-0.2, -0.15) is 0 Å². The van der Waals surface area contributed by atoms with Crippen molar-refractivity contribution in [1.29, 1.82) is 0 Å². The molecule has 0 atom stereocenters. The van der Waals surface area contributed by atoms with E-state index in [0.29, 0.717) is 16.7 Å². The van der Waals surface area contributed by atoms with Crippen molar-refractivity contribution in [1.82, 2.24) is 19.5 Å². The van der Waals surface area contributed by atoms with Gasteiger partial charge >= 0.3 is 0 Å². The van der Waals surface area contributed by atoms with Crippen molar-refractivity contribution in [2.75, 3.05) is 0 Å². The first-order valence-corrected chi connectivity index (χ1v) is 17.2. The van der Waals surface area contributed by atoms with Gasteiger partial charge in [0.05, 0.1) is 35.8 Å². The van der Waals surface area contributed by atoms with Gasteiger partial charge in [-0.05, 0) is 47.0 Å². The Kier molecular flexibility index (Phi) is 4.49. The largest absolute Gasteiger partial charge is 0.456 e. The highest BCUT2D eigenvalue weighted by Gasteiger charge is 2.37. The first-order chi connectivity index (χ1) is 30.2. The maximum atomic E-state index is 8.70. The van der Waals surface area contributed by atoms with Gasteiger partial charge in [-0.1, -0.05) is 141 Å². The van der Waals surface area contributed by atoms with E-state index in [9.17, 15) is 0 Å². The summed E-state index contributed by atoms with van der Waals surface area (Å²) in [5.41, 5.74) is 8.52. The fourth-order valence-corrected chi connectivity index (χ4v) is 8.08. The topological polar surface area (TPSA) is 56.7 Å². The molecule has 10 aromatic rings. The van der Waals surface area contributed by atoms with Crippen molar-refractivity contribution in [3.05, 3.63) is 169 Å². The molecule has 53 heavy (non-hydrogen) atoms. The molecule has 0 aliphatic heterocycles. The summed E-state index contributed by atoms with van der Waals surface area (Å²) < 4.78 is 93.4. The highest BCUT2D eigenvalue weighted by Crippen LogP contribution is 2.53. The maximum absolute atomic E-state index is 8.70. The van der Waals surface area contributed by atoms with Crippen LogP contribution in [0.1, 0.15) is 38.7 Å². The second-order valence-corrected chi connectivity index (χ2v) is 13.7. The zero-order valence-corrected chi connectivity index (χ0v) is 28.4. The summed E-state index contributed by atoms with van der Waals surface area (Å²) in [4.78, 5) is 13.6. The van der Waals surface area contributed by atoms with Gasteiger partial charge in [0.1, 0.15) is 11.2 Å². The molecule has 0 saturated carbocycles. The lowest BCUT2D eigenvalue weighted by Crippen LogP contribution is -2.14. The second kappa shape index (κ2) is 11.1. The van der Waals surface area contributed by atoms with Gasteiger partial charge in [0, 0.05) is 43.8 Å². The summed E-state index contributed by atoms with van der Waals surface area (Å²) in [5.74, 6) is -0.723. The number of hydrogen-bond donors (Lipinski definition) is 0. The number of para-hydroxylation sites is 1. The number of nitrogens with zero attached hydrogens (tertiary/aromatic N) is 4. The molecule has 0 saturated heterocycles. The molecule has 0 radical (unpaired) electrons. The number of rotatable bonds is 4. The smallest absolute Gasteiger partial charge is 0.164 e. The number of furan rings is 1. The van der Waals surface area contributed by atoms with E-state index in [1.807, 2.05) is 24.3 Å². The first kappa shape index (κ1) is 21.5. The molecule has 0 bridgehead atoms. The zero-order valence-electron chi connectivity index (χ0n) is 38.4. The highest BCUT2D eigenvalue weighted by molar-refractivity contribution is 6.18. The first-order valence-electron chi connectivity index (χ1n) is 22.2. The van der Waals surface area contributed by atoms with Gasteiger partial charge in [-0.15, -0.1) is 0 Å². The molecular formula is C48H32N4O. The summed E-state index contributed by atoms with van der Waals surface area (Å²) in [5, 5.41) is 3.89. The van der Waals surface area contributed by atoms with Crippen molar-refractivity contribution in [3.63, 3.8) is 0 Å². The molecule has 5 heteroatoms. The Bertz CT molecular complexity index is 3540. The molecule has 0 unspecified atom stereocenters. The molecule has 0 N–H and O–H groups in total. The minimum atomic E-state index is -0.613. The van der Waals surface area contributed by atoms with Crippen LogP contribution in [0.15, 0.2) is 162 Å². The third-order valence-electron chi connectivity index (χ3n) is 10.4. The van der Waals surface area contributed by atoms with Crippen LogP contribution in [0.25, 0.3) is 94.7 Å². The monoisotopic (exact) mass is 690 g/mol. The zero-order chi connectivity index (χ0) is 44.0. The average Bonchev–Trinajstić information content (AvgIpc) is 3.91. The predicted molar refractivity (Wildman–Crippen MR) is 215 cm³/mol. The molecule has 11 rings (SSSR count). The minimum absolute atomic E-state index is 0.0459. The molecule has 0 spiro atoms. The Morgan fingerprint density at radius 2 is 1.23 bits per heavy atom. The van der Waals surface area contributed by atoms with Gasteiger partial charge in [0.25, 0.3) is 0 Å². The molecule has 1 aliphatic carbocycles. The van der Waals surface area contributed by atoms with E-state index in [1.54, 1.807) is 12.1 Å². The summed E-state index contributed by atoms with van der Waals surface area (Å²) in [6, 6.07) is 26.8. The second-order valence-electron chi connectivity index (χ2n) is 13.7. The Labute approximate surface area is 319 Å². The van der Waals surface area contributed by atoms with Crippen LogP contribution >= 0.6 is 0 Å². The van der Waals surface area contributed by atoms with Crippen molar-refractivity contribution in [2.45, 2.75) is 19.3 Å². The van der Waals surface area contributed by atoms with Gasteiger partial charge in [0.2, 0.25) is 0 Å². The SMILES string of the molecule is [2H]c1c([2H])c([2H])c(-c2nc(-c3ccc4c(c3)oc3cccc(-n5c6ccccc6c6ccc7c(c65)-c5ccccc5C7(C)C)c34)nc(-c3c([2H])c([2H])c([2H])c([2H])c3[2H])n2)c([2H])c1[2H].